The van der Waals surface area contributed by atoms with Gasteiger partial charge >= 0.3 is 0 Å². The summed E-state index contributed by atoms with van der Waals surface area (Å²) in [6, 6.07) is 4.60. The summed E-state index contributed by atoms with van der Waals surface area (Å²) in [7, 11) is 0. The number of hydrogen-bond acceptors (Lipinski definition) is 12. The second kappa shape index (κ2) is 19.6. The molecule has 2 aliphatic rings. The third-order valence-electron chi connectivity index (χ3n) is 8.32. The monoisotopic (exact) mass is 685 g/mol. The number of nitrogens with zero attached hydrogens (tertiary/aromatic N) is 4. The molecular formula is C31H45ClFN5O9. The maximum absolute atomic E-state index is 14.7. The summed E-state index contributed by atoms with van der Waals surface area (Å²) in [5.74, 6) is 1.20. The van der Waals surface area contributed by atoms with E-state index in [1.54, 1.807) is 29.4 Å². The van der Waals surface area contributed by atoms with Crippen molar-refractivity contribution in [3.8, 4) is 5.75 Å². The van der Waals surface area contributed by atoms with E-state index in [2.05, 4.69) is 20.2 Å². The first-order chi connectivity index (χ1) is 22.6. The number of likely N-dealkylation sites (tertiary alicyclic amines) is 1. The second-order valence-corrected chi connectivity index (χ2v) is 12.2. The predicted molar refractivity (Wildman–Crippen MR) is 170 cm³/mol. The molecular weight excluding hydrogens is 641 g/mol. The van der Waals surface area contributed by atoms with Gasteiger partial charge in [0, 0.05) is 51.3 Å². The van der Waals surface area contributed by atoms with Crippen LogP contribution in [0.4, 0.5) is 10.3 Å². The molecule has 2 aromatic rings. The lowest BCUT2D eigenvalue weighted by Crippen LogP contribution is -2.55. The zero-order chi connectivity index (χ0) is 34.3. The quantitative estimate of drug-likeness (QED) is 0.0923. The standard InChI is InChI=1S/C30H43ClFN5O7.CH2O2/c31-22-13-34-30(35-14-22)36-7-5-19(6-8-36)2-1-9-44-23-4-3-21(24(32)11-23)10-27(41)37-16-20(17-37)12-33-15-25(39)28(42)29(43)26(40)18-38;2-1-3/h3-4,11,13-14,19-20,25-26,28-29,33,38-40,42-43H,1-2,5-10,12,15-18H2;1H,(H,2,3)/t25-,26+,28+,29+;/m0./s1. The fraction of sp³-hybridized carbons (Fsp3) is 0.613. The Hall–Kier alpha value is -3.18. The van der Waals surface area contributed by atoms with Gasteiger partial charge in [-0.1, -0.05) is 17.7 Å². The van der Waals surface area contributed by atoms with Crippen LogP contribution in [0.15, 0.2) is 30.6 Å². The fourth-order valence-corrected chi connectivity index (χ4v) is 5.61. The maximum Gasteiger partial charge on any atom is 0.290 e. The third kappa shape index (κ3) is 12.1. The van der Waals surface area contributed by atoms with E-state index >= 15 is 0 Å². The van der Waals surface area contributed by atoms with Gasteiger partial charge < -0.3 is 50.5 Å². The summed E-state index contributed by atoms with van der Waals surface area (Å²) >= 11 is 5.87. The number of carbonyl (C=O) groups is 2. The van der Waals surface area contributed by atoms with Crippen molar-refractivity contribution in [3.05, 3.63) is 47.0 Å². The van der Waals surface area contributed by atoms with E-state index in [4.69, 9.17) is 31.3 Å². The molecule has 4 rings (SSSR count). The molecule has 2 aliphatic heterocycles. The van der Waals surface area contributed by atoms with E-state index in [0.29, 0.717) is 54.4 Å². The van der Waals surface area contributed by atoms with Crippen LogP contribution in [-0.2, 0) is 16.0 Å². The first-order valence-electron chi connectivity index (χ1n) is 15.6. The van der Waals surface area contributed by atoms with Gasteiger partial charge in [0.2, 0.25) is 11.9 Å². The van der Waals surface area contributed by atoms with Gasteiger partial charge in [-0.05, 0) is 43.2 Å². The Labute approximate surface area is 277 Å². The second-order valence-electron chi connectivity index (χ2n) is 11.8. The topological polar surface area (TPSA) is 209 Å². The van der Waals surface area contributed by atoms with E-state index in [1.807, 2.05) is 0 Å². The predicted octanol–water partition coefficient (Wildman–Crippen LogP) is 0.0719. The van der Waals surface area contributed by atoms with Crippen molar-refractivity contribution in [1.29, 1.82) is 0 Å². The highest BCUT2D eigenvalue weighted by molar-refractivity contribution is 6.30. The minimum atomic E-state index is -1.67. The van der Waals surface area contributed by atoms with Crippen LogP contribution in [0.2, 0.25) is 5.02 Å². The van der Waals surface area contributed by atoms with Gasteiger partial charge in [0.1, 0.15) is 29.9 Å². The van der Waals surface area contributed by atoms with Crippen molar-refractivity contribution in [2.24, 2.45) is 11.8 Å². The number of aliphatic hydroxyl groups is 5. The van der Waals surface area contributed by atoms with Gasteiger partial charge in [0.25, 0.3) is 6.47 Å². The summed E-state index contributed by atoms with van der Waals surface area (Å²) in [4.78, 5) is 33.4. The number of halogens is 2. The van der Waals surface area contributed by atoms with Crippen LogP contribution in [-0.4, -0.2) is 135 Å². The Morgan fingerprint density at radius 1 is 1.09 bits per heavy atom. The average Bonchev–Trinajstić information content (AvgIpc) is 3.05. The van der Waals surface area contributed by atoms with Crippen LogP contribution in [0.5, 0.6) is 5.75 Å². The van der Waals surface area contributed by atoms with Crippen LogP contribution >= 0.6 is 11.6 Å². The average molecular weight is 686 g/mol. The Kier molecular flexibility index (Phi) is 16.0. The largest absolute Gasteiger partial charge is 0.493 e. The molecule has 3 heterocycles. The van der Waals surface area contributed by atoms with Crippen molar-refractivity contribution in [2.45, 2.75) is 56.5 Å². The van der Waals surface area contributed by atoms with Gasteiger partial charge in [-0.15, -0.1) is 0 Å². The number of ether oxygens (including phenoxy) is 1. The van der Waals surface area contributed by atoms with E-state index in [1.165, 1.54) is 6.07 Å². The molecule has 47 heavy (non-hydrogen) atoms. The summed E-state index contributed by atoms with van der Waals surface area (Å²) in [6.07, 6.45) is 0.958. The van der Waals surface area contributed by atoms with Crippen LogP contribution in [0.25, 0.3) is 0 Å². The first-order valence-corrected chi connectivity index (χ1v) is 16.0. The van der Waals surface area contributed by atoms with E-state index < -0.39 is 36.8 Å². The maximum atomic E-state index is 14.7. The molecule has 0 radical (unpaired) electrons. The van der Waals surface area contributed by atoms with Crippen molar-refractivity contribution < 1.29 is 49.4 Å². The molecule has 0 aliphatic carbocycles. The van der Waals surface area contributed by atoms with E-state index in [-0.39, 0.29) is 31.3 Å². The molecule has 4 atom stereocenters. The molecule has 262 valence electrons. The first kappa shape index (κ1) is 38.3. The Morgan fingerprint density at radius 2 is 1.72 bits per heavy atom. The van der Waals surface area contributed by atoms with Gasteiger partial charge in [-0.2, -0.15) is 0 Å². The van der Waals surface area contributed by atoms with Gasteiger partial charge in [-0.25, -0.2) is 14.4 Å². The fourth-order valence-electron chi connectivity index (χ4n) is 5.51. The SMILES string of the molecule is O=C(Cc1ccc(OCCCC2CCN(c3ncc(Cl)cn3)CC2)cc1F)N1CC(CNC[C@H](O)[C@@H](O)[C@H](O)[C@H](O)CO)C1.O=CO. The molecule has 2 saturated heterocycles. The van der Waals surface area contributed by atoms with Gasteiger partial charge in [-0.3, -0.25) is 9.59 Å². The lowest BCUT2D eigenvalue weighted by Gasteiger charge is -2.39. The van der Waals surface area contributed by atoms with Gasteiger partial charge in [0.05, 0.1) is 43.2 Å². The van der Waals surface area contributed by atoms with Crippen LogP contribution in [0.3, 0.4) is 0 Å². The van der Waals surface area contributed by atoms with Crippen LogP contribution in [0.1, 0.15) is 31.2 Å². The summed E-state index contributed by atoms with van der Waals surface area (Å²) < 4.78 is 20.5. The Morgan fingerprint density at radius 3 is 2.34 bits per heavy atom. The summed E-state index contributed by atoms with van der Waals surface area (Å²) in [6.45, 7) is 2.67. The Balaban J connectivity index is 0.00000192. The van der Waals surface area contributed by atoms with Crippen molar-refractivity contribution in [1.82, 2.24) is 20.2 Å². The van der Waals surface area contributed by atoms with Crippen molar-refractivity contribution in [3.63, 3.8) is 0 Å². The van der Waals surface area contributed by atoms with E-state index in [0.717, 1.165) is 38.8 Å². The van der Waals surface area contributed by atoms with Crippen LogP contribution < -0.4 is 15.0 Å². The molecule has 0 unspecified atom stereocenters. The Bertz CT molecular complexity index is 1240. The summed E-state index contributed by atoms with van der Waals surface area (Å²) in [5, 5.41) is 58.1. The molecule has 1 aromatic heterocycles. The minimum Gasteiger partial charge on any atom is -0.493 e. The summed E-state index contributed by atoms with van der Waals surface area (Å²) in [5.41, 5.74) is 0.307. The number of anilines is 1. The molecule has 0 saturated carbocycles. The zero-order valence-corrected chi connectivity index (χ0v) is 26.8. The molecule has 16 heteroatoms. The normalized spacial score (nSPS) is 17.9. The zero-order valence-electron chi connectivity index (χ0n) is 26.1. The van der Waals surface area contributed by atoms with Gasteiger partial charge in [0.15, 0.2) is 0 Å². The number of aromatic nitrogens is 2. The highest BCUT2D eigenvalue weighted by Gasteiger charge is 2.32. The third-order valence-corrected chi connectivity index (χ3v) is 8.51. The van der Waals surface area contributed by atoms with Crippen molar-refractivity contribution >= 4 is 29.9 Å². The minimum absolute atomic E-state index is 0.0409. The number of hydrogen-bond donors (Lipinski definition) is 7. The lowest BCUT2D eigenvalue weighted by molar-refractivity contribution is -0.136. The number of carboxylic acid groups (broad SMARTS) is 1. The van der Waals surface area contributed by atoms with Crippen LogP contribution in [0, 0.1) is 17.7 Å². The molecule has 2 fully saturated rings. The molecule has 0 bridgehead atoms. The highest BCUT2D eigenvalue weighted by Crippen LogP contribution is 2.25. The number of piperidine rings is 1. The number of amides is 1. The molecule has 1 amide bonds. The molecule has 1 aromatic carbocycles. The number of aliphatic hydroxyl groups excluding tert-OH is 5. The number of benzene rings is 1. The molecule has 14 nitrogen and oxygen atoms in total. The molecule has 7 N–H and O–H groups in total. The number of rotatable bonds is 16. The lowest BCUT2D eigenvalue weighted by atomic mass is 9.92. The number of carbonyl (C=O) groups excluding carboxylic acids is 1. The smallest absolute Gasteiger partial charge is 0.290 e. The number of nitrogens with one attached hydrogen (secondary N) is 1. The molecule has 0 spiro atoms. The van der Waals surface area contributed by atoms with E-state index in [9.17, 15) is 29.6 Å². The van der Waals surface area contributed by atoms with Crippen molar-refractivity contribution in [2.75, 3.05) is 57.4 Å². The highest BCUT2D eigenvalue weighted by atomic mass is 35.5.